The minimum absolute atomic E-state index is 0.0517. The Kier molecular flexibility index (Phi) is 2.22. The van der Waals surface area contributed by atoms with Gasteiger partial charge in [0.2, 0.25) is 0 Å². The van der Waals surface area contributed by atoms with E-state index < -0.39 is 0 Å². The van der Waals surface area contributed by atoms with E-state index in [1.165, 1.54) is 22.3 Å². The lowest BCUT2D eigenvalue weighted by molar-refractivity contribution is -0.123. The van der Waals surface area contributed by atoms with Crippen molar-refractivity contribution in [1.29, 1.82) is 0 Å². The summed E-state index contributed by atoms with van der Waals surface area (Å²) in [6, 6.07) is 16.5. The number of Topliss-reactive ketones (excluding diaryl/α,β-unsaturated/α-hetero) is 2. The van der Waals surface area contributed by atoms with Crippen LogP contribution in [-0.2, 0) is 9.59 Å². The maximum absolute atomic E-state index is 12.6. The van der Waals surface area contributed by atoms with E-state index >= 15 is 0 Å². The molecule has 2 bridgehead atoms. The van der Waals surface area contributed by atoms with E-state index in [-0.39, 0.29) is 23.4 Å². The van der Waals surface area contributed by atoms with Crippen LogP contribution >= 0.6 is 0 Å². The summed E-state index contributed by atoms with van der Waals surface area (Å²) in [6.45, 7) is 0. The first-order chi connectivity index (χ1) is 10.8. The van der Waals surface area contributed by atoms with Gasteiger partial charge in [-0.2, -0.15) is 0 Å². The maximum atomic E-state index is 12.6. The number of carbonyl (C=O) groups excluding carboxylic acids is 2. The molecule has 4 aliphatic rings. The lowest BCUT2D eigenvalue weighted by atomic mass is 9.58. The Balaban J connectivity index is 1.91. The normalized spacial score (nSPS) is 24.9. The third kappa shape index (κ3) is 1.31. The van der Waals surface area contributed by atoms with Crippen LogP contribution in [0.3, 0.4) is 0 Å². The number of hydrogen-bond acceptors (Lipinski definition) is 2. The molecule has 2 nitrogen and oxygen atoms in total. The maximum Gasteiger partial charge on any atom is 0.160 e. The van der Waals surface area contributed by atoms with Crippen molar-refractivity contribution in [1.82, 2.24) is 0 Å². The van der Waals surface area contributed by atoms with Gasteiger partial charge in [0.15, 0.2) is 11.6 Å². The monoisotopic (exact) mass is 286 g/mol. The second-order valence-electron chi connectivity index (χ2n) is 6.30. The molecule has 2 aromatic carbocycles. The number of ketones is 2. The molecule has 0 radical (unpaired) electrons. The van der Waals surface area contributed by atoms with Gasteiger partial charge in [-0.25, -0.2) is 0 Å². The molecule has 2 aromatic rings. The Morgan fingerprint density at radius 1 is 0.591 bits per heavy atom. The van der Waals surface area contributed by atoms with Crippen LogP contribution in [0.25, 0.3) is 0 Å². The molecule has 0 amide bonds. The van der Waals surface area contributed by atoms with Crippen LogP contribution in [0.2, 0.25) is 0 Å². The Morgan fingerprint density at radius 3 is 1.23 bits per heavy atom. The van der Waals surface area contributed by atoms with E-state index in [0.29, 0.717) is 12.8 Å². The van der Waals surface area contributed by atoms with Crippen LogP contribution in [0.15, 0.2) is 59.7 Å². The zero-order chi connectivity index (χ0) is 14.8. The summed E-state index contributed by atoms with van der Waals surface area (Å²) in [4.78, 5) is 25.1. The summed E-state index contributed by atoms with van der Waals surface area (Å²) in [5, 5.41) is 0. The van der Waals surface area contributed by atoms with E-state index in [4.69, 9.17) is 0 Å². The summed E-state index contributed by atoms with van der Waals surface area (Å²) in [5.74, 6) is 0.218. The highest BCUT2D eigenvalue weighted by Gasteiger charge is 2.48. The third-order valence-corrected chi connectivity index (χ3v) is 5.28. The average molecular weight is 286 g/mol. The lowest BCUT2D eigenvalue weighted by Gasteiger charge is -2.44. The molecule has 0 aliphatic heterocycles. The zero-order valence-electron chi connectivity index (χ0n) is 12.0. The topological polar surface area (TPSA) is 34.1 Å². The zero-order valence-corrected chi connectivity index (χ0v) is 12.0. The molecule has 106 valence electrons. The number of allylic oxidation sites excluding steroid dienone is 2. The molecule has 22 heavy (non-hydrogen) atoms. The van der Waals surface area contributed by atoms with Crippen molar-refractivity contribution in [3.05, 3.63) is 81.9 Å². The van der Waals surface area contributed by atoms with Crippen molar-refractivity contribution >= 4 is 11.6 Å². The van der Waals surface area contributed by atoms with Crippen molar-refractivity contribution in [2.24, 2.45) is 0 Å². The molecule has 0 atom stereocenters. The Morgan fingerprint density at radius 2 is 0.909 bits per heavy atom. The van der Waals surface area contributed by atoms with Crippen molar-refractivity contribution in [3.63, 3.8) is 0 Å². The summed E-state index contributed by atoms with van der Waals surface area (Å²) in [7, 11) is 0. The molecular weight excluding hydrogens is 272 g/mol. The van der Waals surface area contributed by atoms with Crippen LogP contribution in [-0.4, -0.2) is 11.6 Å². The van der Waals surface area contributed by atoms with Crippen molar-refractivity contribution < 1.29 is 9.59 Å². The quantitative estimate of drug-likeness (QED) is 0.742. The third-order valence-electron chi connectivity index (χ3n) is 5.28. The van der Waals surface area contributed by atoms with Gasteiger partial charge in [-0.05, 0) is 22.3 Å². The fourth-order valence-electron chi connectivity index (χ4n) is 4.46. The number of rotatable bonds is 0. The Labute approximate surface area is 128 Å². The predicted molar refractivity (Wildman–Crippen MR) is 82.8 cm³/mol. The highest BCUT2D eigenvalue weighted by atomic mass is 16.1. The van der Waals surface area contributed by atoms with Crippen LogP contribution in [0.4, 0.5) is 0 Å². The number of hydrogen-bond donors (Lipinski definition) is 0. The van der Waals surface area contributed by atoms with Gasteiger partial charge in [-0.3, -0.25) is 9.59 Å². The summed E-state index contributed by atoms with van der Waals surface area (Å²) >= 11 is 0. The molecule has 0 fully saturated rings. The molecule has 6 rings (SSSR count). The van der Waals surface area contributed by atoms with E-state index in [2.05, 4.69) is 24.3 Å². The van der Waals surface area contributed by atoms with Crippen molar-refractivity contribution in [2.75, 3.05) is 0 Å². The van der Waals surface area contributed by atoms with E-state index in [0.717, 1.165) is 11.1 Å². The minimum Gasteiger partial charge on any atom is -0.294 e. The van der Waals surface area contributed by atoms with E-state index in [9.17, 15) is 9.59 Å². The van der Waals surface area contributed by atoms with Gasteiger partial charge in [0.1, 0.15) is 0 Å². The molecule has 4 aliphatic carbocycles. The average Bonchev–Trinajstić information content (AvgIpc) is 2.58. The number of benzene rings is 2. The fourth-order valence-corrected chi connectivity index (χ4v) is 4.46. The first-order valence-corrected chi connectivity index (χ1v) is 7.75. The predicted octanol–water partition coefficient (Wildman–Crippen LogP) is 3.51. The Bertz CT molecular complexity index is 769. The van der Waals surface area contributed by atoms with Crippen LogP contribution in [0.1, 0.15) is 46.9 Å². The standard InChI is InChI=1S/C20H14O2/c21-15-9-10-16(22)20-18-12-6-2-1-5-11(12)17(19(15)20)13-7-3-4-8-14(13)18/h1-8,17-18H,9-10H2. The Hall–Kier alpha value is -2.48. The molecule has 0 heterocycles. The molecule has 0 spiro atoms. The molecule has 2 heteroatoms. The second kappa shape index (κ2) is 4.04. The minimum atomic E-state index is -0.0517. The van der Waals surface area contributed by atoms with E-state index in [1.807, 2.05) is 24.3 Å². The largest absolute Gasteiger partial charge is 0.294 e. The number of carbonyl (C=O) groups is 2. The summed E-state index contributed by atoms with van der Waals surface area (Å²) < 4.78 is 0. The van der Waals surface area contributed by atoms with Gasteiger partial charge in [0, 0.05) is 35.8 Å². The van der Waals surface area contributed by atoms with Crippen molar-refractivity contribution in [2.45, 2.75) is 24.7 Å². The van der Waals surface area contributed by atoms with Gasteiger partial charge in [-0.1, -0.05) is 48.5 Å². The molecule has 0 N–H and O–H groups in total. The molecule has 0 unspecified atom stereocenters. The smallest absolute Gasteiger partial charge is 0.160 e. The van der Waals surface area contributed by atoms with Gasteiger partial charge in [0.25, 0.3) is 0 Å². The van der Waals surface area contributed by atoms with Crippen molar-refractivity contribution in [3.8, 4) is 0 Å². The first-order valence-electron chi connectivity index (χ1n) is 7.75. The fraction of sp³-hybridized carbons (Fsp3) is 0.200. The molecule has 0 saturated carbocycles. The first kappa shape index (κ1) is 12.1. The molecule has 0 saturated heterocycles. The van der Waals surface area contributed by atoms with Crippen LogP contribution in [0, 0.1) is 0 Å². The van der Waals surface area contributed by atoms with Gasteiger partial charge in [-0.15, -0.1) is 0 Å². The molecular formula is C20H14O2. The van der Waals surface area contributed by atoms with Crippen LogP contribution < -0.4 is 0 Å². The highest BCUT2D eigenvalue weighted by molar-refractivity contribution is 6.15. The van der Waals surface area contributed by atoms with Gasteiger partial charge >= 0.3 is 0 Å². The lowest BCUT2D eigenvalue weighted by Crippen LogP contribution is -2.36. The van der Waals surface area contributed by atoms with E-state index in [1.54, 1.807) is 0 Å². The van der Waals surface area contributed by atoms with Gasteiger partial charge in [0.05, 0.1) is 0 Å². The highest BCUT2D eigenvalue weighted by Crippen LogP contribution is 2.57. The summed E-state index contributed by atoms with van der Waals surface area (Å²) in [5.41, 5.74) is 6.36. The molecule has 0 aromatic heterocycles. The van der Waals surface area contributed by atoms with Gasteiger partial charge < -0.3 is 0 Å². The van der Waals surface area contributed by atoms with Crippen LogP contribution in [0.5, 0.6) is 0 Å². The SMILES string of the molecule is O=C1CCC(=O)C2=C1C1c3ccccc3C2c2ccccc21. The second-order valence-corrected chi connectivity index (χ2v) is 6.30. The summed E-state index contributed by atoms with van der Waals surface area (Å²) in [6.07, 6.45) is 0.733.